The summed E-state index contributed by atoms with van der Waals surface area (Å²) in [6.45, 7) is 2.02. The minimum absolute atomic E-state index is 0.0404. The normalized spacial score (nSPS) is 18.9. The molecular formula is C24H24N2O3S. The number of amides is 2. The molecule has 2 amide bonds. The summed E-state index contributed by atoms with van der Waals surface area (Å²) in [5.74, 6) is 0.175. The van der Waals surface area contributed by atoms with E-state index in [4.69, 9.17) is 4.74 Å². The molecule has 6 heteroatoms. The van der Waals surface area contributed by atoms with Crippen LogP contribution in [-0.4, -0.2) is 18.9 Å². The van der Waals surface area contributed by atoms with Gasteiger partial charge in [0, 0.05) is 17.0 Å². The van der Waals surface area contributed by atoms with Crippen LogP contribution in [0.5, 0.6) is 5.75 Å². The minimum Gasteiger partial charge on any atom is -0.495 e. The number of carbonyl (C=O) groups is 2. The third-order valence-corrected chi connectivity index (χ3v) is 6.39. The molecule has 2 heterocycles. The van der Waals surface area contributed by atoms with Gasteiger partial charge in [0.15, 0.2) is 0 Å². The highest BCUT2D eigenvalue weighted by Gasteiger charge is 2.42. The Kier molecular flexibility index (Phi) is 5.86. The average molecular weight is 421 g/mol. The fraction of sp³-hybridized carbons (Fsp3) is 0.250. The van der Waals surface area contributed by atoms with Gasteiger partial charge in [-0.3, -0.25) is 9.59 Å². The Hall–Kier alpha value is -3.12. The van der Waals surface area contributed by atoms with Crippen molar-refractivity contribution in [2.24, 2.45) is 5.92 Å². The molecule has 5 nitrogen and oxygen atoms in total. The Bertz CT molecular complexity index is 1030. The summed E-state index contributed by atoms with van der Waals surface area (Å²) >= 11 is 1.57. The second-order valence-corrected chi connectivity index (χ2v) is 8.37. The number of piperidine rings is 1. The summed E-state index contributed by atoms with van der Waals surface area (Å²) in [4.78, 5) is 29.2. The fourth-order valence-electron chi connectivity index (χ4n) is 3.94. The lowest BCUT2D eigenvalue weighted by molar-refractivity contribution is -0.125. The van der Waals surface area contributed by atoms with E-state index in [0.717, 1.165) is 16.1 Å². The van der Waals surface area contributed by atoms with E-state index in [-0.39, 0.29) is 23.8 Å². The summed E-state index contributed by atoms with van der Waals surface area (Å²) in [5.41, 5.74) is 2.58. The van der Waals surface area contributed by atoms with Crippen LogP contribution in [0.25, 0.3) is 0 Å². The molecule has 2 aromatic carbocycles. The third kappa shape index (κ3) is 3.96. The minimum atomic E-state index is -0.368. The molecule has 1 N–H and O–H groups in total. The van der Waals surface area contributed by atoms with Crippen LogP contribution in [0, 0.1) is 12.8 Å². The van der Waals surface area contributed by atoms with Gasteiger partial charge in [0.05, 0.1) is 24.8 Å². The number of thiophene rings is 1. The molecule has 0 unspecified atom stereocenters. The van der Waals surface area contributed by atoms with Crippen molar-refractivity contribution >= 4 is 34.5 Å². The van der Waals surface area contributed by atoms with Gasteiger partial charge in [-0.2, -0.15) is 0 Å². The molecule has 1 aromatic heterocycles. The summed E-state index contributed by atoms with van der Waals surface area (Å²) in [6, 6.07) is 18.9. The predicted octanol–water partition coefficient (Wildman–Crippen LogP) is 5.19. The Labute approximate surface area is 180 Å². The SMILES string of the molecule is COc1ccccc1NC(=O)[C@@H]1CCC(=O)N(c2ccc(C)cc2)[C@@H]1c1cccs1. The molecule has 3 aromatic rings. The smallest absolute Gasteiger partial charge is 0.230 e. The number of rotatable bonds is 5. The number of benzene rings is 2. The van der Waals surface area contributed by atoms with Gasteiger partial charge in [-0.25, -0.2) is 0 Å². The van der Waals surface area contributed by atoms with Gasteiger partial charge in [-0.05, 0) is 49.1 Å². The fourth-order valence-corrected chi connectivity index (χ4v) is 4.82. The maximum absolute atomic E-state index is 13.4. The maximum atomic E-state index is 13.4. The van der Waals surface area contributed by atoms with E-state index < -0.39 is 0 Å². The number of ether oxygens (including phenoxy) is 1. The van der Waals surface area contributed by atoms with Crippen molar-refractivity contribution in [3.63, 3.8) is 0 Å². The monoisotopic (exact) mass is 420 g/mol. The number of methoxy groups -OCH3 is 1. The van der Waals surface area contributed by atoms with E-state index in [1.807, 2.05) is 73.0 Å². The summed E-state index contributed by atoms with van der Waals surface area (Å²) in [5, 5.41) is 5.00. The van der Waals surface area contributed by atoms with Crippen molar-refractivity contribution in [1.82, 2.24) is 0 Å². The molecule has 0 aliphatic carbocycles. The highest BCUT2D eigenvalue weighted by Crippen LogP contribution is 2.42. The van der Waals surface area contributed by atoms with Gasteiger partial charge in [-0.15, -0.1) is 11.3 Å². The Morgan fingerprint density at radius 3 is 2.57 bits per heavy atom. The van der Waals surface area contributed by atoms with E-state index in [9.17, 15) is 9.59 Å². The highest BCUT2D eigenvalue weighted by atomic mass is 32.1. The molecule has 1 saturated heterocycles. The van der Waals surface area contributed by atoms with Crippen molar-refractivity contribution in [2.75, 3.05) is 17.3 Å². The quantitative estimate of drug-likeness (QED) is 0.618. The number of hydrogen-bond donors (Lipinski definition) is 1. The molecule has 1 fully saturated rings. The molecule has 0 bridgehead atoms. The van der Waals surface area contributed by atoms with Crippen LogP contribution in [0.2, 0.25) is 0 Å². The first-order chi connectivity index (χ1) is 14.6. The first kappa shape index (κ1) is 20.2. The second-order valence-electron chi connectivity index (χ2n) is 7.39. The van der Waals surface area contributed by atoms with E-state index in [1.54, 1.807) is 23.3 Å². The van der Waals surface area contributed by atoms with Gasteiger partial charge in [0.1, 0.15) is 5.75 Å². The van der Waals surface area contributed by atoms with Crippen LogP contribution >= 0.6 is 11.3 Å². The average Bonchev–Trinajstić information content (AvgIpc) is 3.29. The lowest BCUT2D eigenvalue weighted by Gasteiger charge is -2.40. The Balaban J connectivity index is 1.70. The lowest BCUT2D eigenvalue weighted by Crippen LogP contribution is -2.46. The predicted molar refractivity (Wildman–Crippen MR) is 120 cm³/mol. The topological polar surface area (TPSA) is 58.6 Å². The molecule has 154 valence electrons. The summed E-state index contributed by atoms with van der Waals surface area (Å²) in [7, 11) is 1.58. The summed E-state index contributed by atoms with van der Waals surface area (Å²) in [6.07, 6.45) is 0.838. The Morgan fingerprint density at radius 1 is 1.10 bits per heavy atom. The number of para-hydroxylation sites is 2. The lowest BCUT2D eigenvalue weighted by atomic mass is 9.86. The van der Waals surface area contributed by atoms with Crippen LogP contribution in [0.3, 0.4) is 0 Å². The molecular weight excluding hydrogens is 396 g/mol. The maximum Gasteiger partial charge on any atom is 0.230 e. The molecule has 0 radical (unpaired) electrons. The largest absolute Gasteiger partial charge is 0.495 e. The standard InChI is InChI=1S/C24H24N2O3S/c1-16-9-11-17(12-10-16)26-22(27)14-13-18(23(26)21-8-5-15-30-21)24(28)25-19-6-3-4-7-20(19)29-2/h3-12,15,18,23H,13-14H2,1-2H3,(H,25,28)/t18-,23+/m1/s1. The van der Waals surface area contributed by atoms with Gasteiger partial charge >= 0.3 is 0 Å². The number of hydrogen-bond acceptors (Lipinski definition) is 4. The van der Waals surface area contributed by atoms with E-state index in [1.165, 1.54) is 0 Å². The molecule has 2 atom stereocenters. The first-order valence-electron chi connectivity index (χ1n) is 9.94. The molecule has 1 aliphatic rings. The number of nitrogens with zero attached hydrogens (tertiary/aromatic N) is 1. The van der Waals surface area contributed by atoms with Crippen molar-refractivity contribution in [3.05, 3.63) is 76.5 Å². The number of aryl methyl sites for hydroxylation is 1. The van der Waals surface area contributed by atoms with Gasteiger partial charge in [0.25, 0.3) is 0 Å². The molecule has 0 saturated carbocycles. The van der Waals surface area contributed by atoms with E-state index in [0.29, 0.717) is 24.3 Å². The van der Waals surface area contributed by atoms with Crippen molar-refractivity contribution < 1.29 is 14.3 Å². The van der Waals surface area contributed by atoms with Gasteiger partial charge in [0.2, 0.25) is 11.8 Å². The van der Waals surface area contributed by atoms with Gasteiger partial charge < -0.3 is 15.0 Å². The molecule has 0 spiro atoms. The van der Waals surface area contributed by atoms with Crippen LogP contribution in [-0.2, 0) is 9.59 Å². The van der Waals surface area contributed by atoms with Crippen LogP contribution in [0.15, 0.2) is 66.0 Å². The zero-order valence-corrected chi connectivity index (χ0v) is 17.8. The molecule has 1 aliphatic heterocycles. The van der Waals surface area contributed by atoms with Gasteiger partial charge in [-0.1, -0.05) is 35.9 Å². The molecule has 30 heavy (non-hydrogen) atoms. The van der Waals surface area contributed by atoms with E-state index >= 15 is 0 Å². The Morgan fingerprint density at radius 2 is 1.87 bits per heavy atom. The number of nitrogens with one attached hydrogen (secondary N) is 1. The summed E-state index contributed by atoms with van der Waals surface area (Å²) < 4.78 is 5.37. The van der Waals surface area contributed by atoms with Crippen molar-refractivity contribution in [2.45, 2.75) is 25.8 Å². The van der Waals surface area contributed by atoms with Crippen LogP contribution in [0.4, 0.5) is 11.4 Å². The second kappa shape index (κ2) is 8.71. The number of carbonyl (C=O) groups excluding carboxylic acids is 2. The first-order valence-corrected chi connectivity index (χ1v) is 10.8. The van der Waals surface area contributed by atoms with Crippen LogP contribution in [0.1, 0.15) is 29.3 Å². The third-order valence-electron chi connectivity index (χ3n) is 5.45. The zero-order valence-electron chi connectivity index (χ0n) is 17.0. The van der Waals surface area contributed by atoms with Crippen molar-refractivity contribution in [3.8, 4) is 5.75 Å². The van der Waals surface area contributed by atoms with Crippen molar-refractivity contribution in [1.29, 1.82) is 0 Å². The van der Waals surface area contributed by atoms with E-state index in [2.05, 4.69) is 5.32 Å². The zero-order chi connectivity index (χ0) is 21.1. The van der Waals surface area contributed by atoms with Crippen LogP contribution < -0.4 is 15.0 Å². The highest BCUT2D eigenvalue weighted by molar-refractivity contribution is 7.10. The molecule has 4 rings (SSSR count). The number of anilines is 2.